The van der Waals surface area contributed by atoms with Crippen LogP contribution in [0.15, 0.2) is 78.9 Å². The van der Waals surface area contributed by atoms with Gasteiger partial charge in [0.1, 0.15) is 18.1 Å². The Morgan fingerprint density at radius 2 is 1.61 bits per heavy atom. The first kappa shape index (κ1) is 20.3. The molecule has 1 aliphatic heterocycles. The van der Waals surface area contributed by atoms with Crippen LogP contribution < -0.4 is 9.47 Å². The minimum Gasteiger partial charge on any atom is -0.489 e. The van der Waals surface area contributed by atoms with Crippen molar-refractivity contribution in [2.45, 2.75) is 19.6 Å². The van der Waals surface area contributed by atoms with Crippen LogP contribution in [0, 0.1) is 0 Å². The van der Waals surface area contributed by atoms with Crippen LogP contribution in [0.5, 0.6) is 11.5 Å². The van der Waals surface area contributed by atoms with Crippen molar-refractivity contribution < 1.29 is 23.9 Å². The number of hydrogen-bond acceptors (Lipinski definition) is 5. The van der Waals surface area contributed by atoms with Crippen molar-refractivity contribution in [3.8, 4) is 11.5 Å². The Hall–Kier alpha value is -3.93. The number of nitrogens with zero attached hydrogens (tertiary/aromatic N) is 1. The second kappa shape index (κ2) is 8.83. The summed E-state index contributed by atoms with van der Waals surface area (Å²) in [5, 5.41) is 0. The van der Waals surface area contributed by atoms with Gasteiger partial charge in [0.15, 0.2) is 11.9 Å². The van der Waals surface area contributed by atoms with Gasteiger partial charge in [-0.15, -0.1) is 0 Å². The number of rotatable bonds is 6. The molecule has 0 saturated carbocycles. The van der Waals surface area contributed by atoms with E-state index in [9.17, 15) is 14.4 Å². The fourth-order valence-corrected chi connectivity index (χ4v) is 3.31. The van der Waals surface area contributed by atoms with Gasteiger partial charge in [-0.05, 0) is 48.9 Å². The van der Waals surface area contributed by atoms with Crippen molar-refractivity contribution in [2.75, 3.05) is 6.54 Å². The van der Waals surface area contributed by atoms with E-state index in [0.717, 1.165) is 10.5 Å². The Kier molecular flexibility index (Phi) is 5.80. The molecule has 0 radical (unpaired) electrons. The van der Waals surface area contributed by atoms with Crippen LogP contribution >= 0.6 is 0 Å². The van der Waals surface area contributed by atoms with Gasteiger partial charge < -0.3 is 9.47 Å². The number of imide groups is 1. The molecule has 0 aliphatic carbocycles. The van der Waals surface area contributed by atoms with Crippen molar-refractivity contribution in [1.29, 1.82) is 0 Å². The zero-order valence-electron chi connectivity index (χ0n) is 17.0. The molecular weight excluding hydrogens is 394 g/mol. The van der Waals surface area contributed by atoms with Gasteiger partial charge in [0.2, 0.25) is 0 Å². The zero-order valence-corrected chi connectivity index (χ0v) is 17.0. The van der Waals surface area contributed by atoms with Gasteiger partial charge in [-0.25, -0.2) is 0 Å². The Balaban J connectivity index is 1.46. The third-order valence-electron chi connectivity index (χ3n) is 5.01. The van der Waals surface area contributed by atoms with E-state index in [-0.39, 0.29) is 17.9 Å². The average Bonchev–Trinajstić information content (AvgIpc) is 2.89. The molecular formula is C25H21NO5. The third kappa shape index (κ3) is 4.48. The number of fused-ring (bicyclic) bond motifs is 1. The predicted octanol–water partition coefficient (Wildman–Crippen LogP) is 3.90. The lowest BCUT2D eigenvalue weighted by Crippen LogP contribution is -2.44. The van der Waals surface area contributed by atoms with Crippen LogP contribution in [0.4, 0.5) is 0 Å². The molecule has 0 aromatic heterocycles. The van der Waals surface area contributed by atoms with Crippen LogP contribution in [0.3, 0.4) is 0 Å². The molecule has 3 aromatic rings. The highest BCUT2D eigenvalue weighted by Crippen LogP contribution is 2.25. The maximum Gasteiger partial charge on any atom is 0.270 e. The smallest absolute Gasteiger partial charge is 0.270 e. The normalized spacial score (nSPS) is 15.6. The van der Waals surface area contributed by atoms with Gasteiger partial charge in [0.05, 0.1) is 12.1 Å². The molecule has 1 aliphatic rings. The molecule has 2 amide bonds. The Morgan fingerprint density at radius 3 is 2.35 bits per heavy atom. The highest BCUT2D eigenvalue weighted by molar-refractivity contribution is 6.12. The number of carbonyl (C=O) groups excluding carboxylic acids is 3. The molecule has 156 valence electrons. The van der Waals surface area contributed by atoms with E-state index in [1.807, 2.05) is 30.3 Å². The van der Waals surface area contributed by atoms with Crippen LogP contribution in [0.25, 0.3) is 0 Å². The molecule has 0 spiro atoms. The topological polar surface area (TPSA) is 72.9 Å². The van der Waals surface area contributed by atoms with E-state index < -0.39 is 17.9 Å². The van der Waals surface area contributed by atoms with Gasteiger partial charge in [0, 0.05) is 5.56 Å². The van der Waals surface area contributed by atoms with E-state index in [2.05, 4.69) is 0 Å². The summed E-state index contributed by atoms with van der Waals surface area (Å²) in [6.07, 6.45) is -0.867. The number of ether oxygens (including phenoxy) is 2. The van der Waals surface area contributed by atoms with Crippen molar-refractivity contribution in [2.24, 2.45) is 0 Å². The number of carbonyl (C=O) groups is 3. The quantitative estimate of drug-likeness (QED) is 0.451. The third-order valence-corrected chi connectivity index (χ3v) is 5.01. The van der Waals surface area contributed by atoms with Gasteiger partial charge in [-0.1, -0.05) is 42.5 Å². The Bertz CT molecular complexity index is 1110. The highest BCUT2D eigenvalue weighted by Gasteiger charge is 2.35. The van der Waals surface area contributed by atoms with Crippen LogP contribution in [0.2, 0.25) is 0 Å². The molecule has 6 nitrogen and oxygen atoms in total. The first-order valence-corrected chi connectivity index (χ1v) is 9.94. The molecule has 0 N–H and O–H groups in total. The minimum atomic E-state index is -0.867. The average molecular weight is 415 g/mol. The van der Waals surface area contributed by atoms with Crippen LogP contribution in [0.1, 0.15) is 33.2 Å². The predicted molar refractivity (Wildman–Crippen MR) is 114 cm³/mol. The number of hydrogen-bond donors (Lipinski definition) is 0. The van der Waals surface area contributed by atoms with Crippen LogP contribution in [-0.2, 0) is 11.4 Å². The van der Waals surface area contributed by atoms with E-state index in [4.69, 9.17) is 9.47 Å². The monoisotopic (exact) mass is 415 g/mol. The maximum atomic E-state index is 12.9. The van der Waals surface area contributed by atoms with E-state index >= 15 is 0 Å². The second-order valence-electron chi connectivity index (χ2n) is 7.21. The number of amides is 2. The Labute approximate surface area is 180 Å². The summed E-state index contributed by atoms with van der Waals surface area (Å²) in [5.74, 6) is -0.470. The molecule has 1 unspecified atom stereocenters. The number of ketones is 1. The van der Waals surface area contributed by atoms with Gasteiger partial charge >= 0.3 is 0 Å². The summed E-state index contributed by atoms with van der Waals surface area (Å²) in [6, 6.07) is 23.0. The zero-order chi connectivity index (χ0) is 21.8. The SMILES string of the molecule is CC1Oc2ccccc2C(=O)N(CC(=O)c2ccc(OCc3ccccc3)cc2)C1=O. The standard InChI is InChI=1S/C25H21NO5/c1-17-24(28)26(25(29)21-9-5-6-10-23(21)31-17)15-22(27)19-11-13-20(14-12-19)30-16-18-7-3-2-4-8-18/h2-14,17H,15-16H2,1H3. The molecule has 4 rings (SSSR count). The van der Waals surface area contributed by atoms with Gasteiger partial charge in [0.25, 0.3) is 11.8 Å². The molecule has 3 aromatic carbocycles. The summed E-state index contributed by atoms with van der Waals surface area (Å²) < 4.78 is 11.3. The first-order valence-electron chi connectivity index (χ1n) is 9.94. The van der Waals surface area contributed by atoms with E-state index in [0.29, 0.717) is 23.7 Å². The summed E-state index contributed by atoms with van der Waals surface area (Å²) >= 11 is 0. The van der Waals surface area contributed by atoms with Crippen molar-refractivity contribution in [3.05, 3.63) is 95.6 Å². The maximum absolute atomic E-state index is 12.9. The fraction of sp³-hybridized carbons (Fsp3) is 0.160. The molecule has 1 heterocycles. The lowest BCUT2D eigenvalue weighted by Gasteiger charge is -2.19. The van der Waals surface area contributed by atoms with E-state index in [1.54, 1.807) is 55.5 Å². The van der Waals surface area contributed by atoms with E-state index in [1.165, 1.54) is 0 Å². The number of benzene rings is 3. The molecule has 31 heavy (non-hydrogen) atoms. The first-order chi connectivity index (χ1) is 15.0. The largest absolute Gasteiger partial charge is 0.489 e. The molecule has 1 atom stereocenters. The van der Waals surface area contributed by atoms with Crippen LogP contribution in [-0.4, -0.2) is 35.1 Å². The summed E-state index contributed by atoms with van der Waals surface area (Å²) in [7, 11) is 0. The molecule has 6 heteroatoms. The highest BCUT2D eigenvalue weighted by atomic mass is 16.5. The number of Topliss-reactive ketones (excluding diaryl/α,β-unsaturated/α-hetero) is 1. The van der Waals surface area contributed by atoms with Crippen molar-refractivity contribution in [3.63, 3.8) is 0 Å². The second-order valence-corrected chi connectivity index (χ2v) is 7.21. The molecule has 0 fully saturated rings. The number of para-hydroxylation sites is 1. The fourth-order valence-electron chi connectivity index (χ4n) is 3.31. The minimum absolute atomic E-state index is 0.262. The lowest BCUT2D eigenvalue weighted by atomic mass is 10.1. The lowest BCUT2D eigenvalue weighted by molar-refractivity contribution is -0.134. The summed E-state index contributed by atoms with van der Waals surface area (Å²) in [6.45, 7) is 1.63. The van der Waals surface area contributed by atoms with Crippen molar-refractivity contribution in [1.82, 2.24) is 4.90 Å². The Morgan fingerprint density at radius 1 is 0.935 bits per heavy atom. The van der Waals surface area contributed by atoms with Gasteiger partial charge in [-0.3, -0.25) is 19.3 Å². The molecule has 0 bridgehead atoms. The van der Waals surface area contributed by atoms with Gasteiger partial charge in [-0.2, -0.15) is 0 Å². The molecule has 0 saturated heterocycles. The van der Waals surface area contributed by atoms with Crippen molar-refractivity contribution >= 4 is 17.6 Å². The summed E-state index contributed by atoms with van der Waals surface area (Å²) in [4.78, 5) is 39.3. The summed E-state index contributed by atoms with van der Waals surface area (Å²) in [5.41, 5.74) is 1.69.